The Bertz CT molecular complexity index is 451. The van der Waals surface area contributed by atoms with E-state index in [0.717, 1.165) is 0 Å². The molecule has 0 saturated carbocycles. The fraction of sp³-hybridized carbons (Fsp3) is 0.300. The van der Waals surface area contributed by atoms with Crippen molar-refractivity contribution in [3.63, 3.8) is 0 Å². The van der Waals surface area contributed by atoms with Crippen LogP contribution in [0.15, 0.2) is 11.1 Å². The average Bonchev–Trinajstić information content (AvgIpc) is 2.23. The summed E-state index contributed by atoms with van der Waals surface area (Å²) in [7, 11) is 7.05. The van der Waals surface area contributed by atoms with Gasteiger partial charge in [0.25, 0.3) is 0 Å². The van der Waals surface area contributed by atoms with Gasteiger partial charge < -0.3 is 9.64 Å². The van der Waals surface area contributed by atoms with Gasteiger partial charge in [-0.2, -0.15) is 0 Å². The van der Waals surface area contributed by atoms with Gasteiger partial charge in [0.2, 0.25) is 0 Å². The van der Waals surface area contributed by atoms with Crippen molar-refractivity contribution in [1.82, 2.24) is 4.90 Å². The molecule has 1 aromatic rings. The van der Waals surface area contributed by atoms with Crippen LogP contribution < -0.4 is 5.46 Å². The zero-order chi connectivity index (χ0) is 11.7. The molecule has 0 aliphatic carbocycles. The molecule has 0 N–H and O–H groups in total. The van der Waals surface area contributed by atoms with Crippen LogP contribution in [0.4, 0.5) is 14.5 Å². The normalized spacial score (nSPS) is 15.6. The number of rotatable bonds is 0. The molecule has 1 aliphatic heterocycles. The molecule has 3 nitrogen and oxygen atoms in total. The Balaban J connectivity index is 2.55. The molecular weight excluding hydrogens is 213 g/mol. The molecule has 0 fully saturated rings. The van der Waals surface area contributed by atoms with Gasteiger partial charge in [0, 0.05) is 12.6 Å². The number of nitrogens with zero attached hydrogens (tertiary/aromatic N) is 2. The molecule has 0 spiro atoms. The Morgan fingerprint density at radius 2 is 2.19 bits per heavy atom. The van der Waals surface area contributed by atoms with Crippen LogP contribution in [0.3, 0.4) is 0 Å². The Labute approximate surface area is 93.1 Å². The molecule has 6 heteroatoms. The van der Waals surface area contributed by atoms with Gasteiger partial charge in [-0.05, 0) is 0 Å². The van der Waals surface area contributed by atoms with Gasteiger partial charge in [-0.1, -0.05) is 11.5 Å². The smallest absolute Gasteiger partial charge is 0.184 e. The molecule has 16 heavy (non-hydrogen) atoms. The molecule has 0 aromatic heterocycles. The van der Waals surface area contributed by atoms with Gasteiger partial charge >= 0.3 is 0 Å². The number of fused-ring (bicyclic) bond motifs is 1. The van der Waals surface area contributed by atoms with Gasteiger partial charge in [-0.25, -0.2) is 13.8 Å². The van der Waals surface area contributed by atoms with E-state index < -0.39 is 11.6 Å². The van der Waals surface area contributed by atoms with Crippen molar-refractivity contribution >= 4 is 25.3 Å². The molecule has 0 atom stereocenters. The number of aliphatic imine (C=N–C) groups is 1. The highest BCUT2D eigenvalue weighted by molar-refractivity contribution is 6.32. The Morgan fingerprint density at radius 1 is 1.44 bits per heavy atom. The van der Waals surface area contributed by atoms with Gasteiger partial charge in [-0.15, -0.1) is 0 Å². The predicted molar refractivity (Wildman–Crippen MR) is 57.3 cm³/mol. The fourth-order valence-corrected chi connectivity index (χ4v) is 1.43. The number of halogens is 2. The Hall–Kier alpha value is -1.43. The van der Waals surface area contributed by atoms with E-state index in [9.17, 15) is 8.78 Å². The number of ether oxygens (including phenoxy) is 1. The van der Waals surface area contributed by atoms with Crippen molar-refractivity contribution in [3.05, 3.63) is 23.3 Å². The largest absolute Gasteiger partial charge is 0.356 e. The summed E-state index contributed by atoms with van der Waals surface area (Å²) in [5, 5.41) is 0. The summed E-state index contributed by atoms with van der Waals surface area (Å²) < 4.78 is 32.0. The summed E-state index contributed by atoms with van der Waals surface area (Å²) in [6.07, 6.45) is 1.39. The standard InChI is InChI=1S/C10H9BF2N2O/c1-15-4-14-10-6(3-16-5-15)2-7(11)8(12)9(10)13/h2,4H,3,5H2,1H3. The third-order valence-electron chi connectivity index (χ3n) is 2.22. The molecule has 1 aliphatic rings. The highest BCUT2D eigenvalue weighted by Crippen LogP contribution is 2.25. The molecule has 0 amide bonds. The molecule has 0 unspecified atom stereocenters. The van der Waals surface area contributed by atoms with Crippen LogP contribution in [0, 0.1) is 11.6 Å². The van der Waals surface area contributed by atoms with E-state index in [1.807, 2.05) is 0 Å². The van der Waals surface area contributed by atoms with Crippen LogP contribution in [0.5, 0.6) is 0 Å². The fourth-order valence-electron chi connectivity index (χ4n) is 1.43. The van der Waals surface area contributed by atoms with E-state index in [1.54, 1.807) is 11.9 Å². The zero-order valence-corrected chi connectivity index (χ0v) is 8.70. The van der Waals surface area contributed by atoms with Crippen LogP contribution in [0.2, 0.25) is 0 Å². The second-order valence-corrected chi connectivity index (χ2v) is 3.58. The number of hydrogen-bond donors (Lipinski definition) is 0. The van der Waals surface area contributed by atoms with Crippen LogP contribution in [0.25, 0.3) is 0 Å². The van der Waals surface area contributed by atoms with Crippen molar-refractivity contribution in [2.75, 3.05) is 13.8 Å². The minimum absolute atomic E-state index is 0.0572. The van der Waals surface area contributed by atoms with Crippen molar-refractivity contribution in [3.8, 4) is 0 Å². The van der Waals surface area contributed by atoms with E-state index in [4.69, 9.17) is 12.6 Å². The molecule has 2 rings (SSSR count). The molecule has 1 heterocycles. The van der Waals surface area contributed by atoms with Crippen LogP contribution >= 0.6 is 0 Å². The van der Waals surface area contributed by atoms with Crippen LogP contribution in [0.1, 0.15) is 5.56 Å². The molecular formula is C10H9BF2N2O. The lowest BCUT2D eigenvalue weighted by atomic mass is 9.92. The second kappa shape index (κ2) is 4.21. The minimum Gasteiger partial charge on any atom is -0.356 e. The summed E-state index contributed by atoms with van der Waals surface area (Å²) in [4.78, 5) is 5.50. The first-order chi connectivity index (χ1) is 7.59. The lowest BCUT2D eigenvalue weighted by Gasteiger charge is -2.18. The summed E-state index contributed by atoms with van der Waals surface area (Å²) >= 11 is 0. The van der Waals surface area contributed by atoms with Gasteiger partial charge in [0.15, 0.2) is 11.6 Å². The van der Waals surface area contributed by atoms with E-state index in [1.165, 1.54) is 12.4 Å². The van der Waals surface area contributed by atoms with Crippen molar-refractivity contribution in [1.29, 1.82) is 0 Å². The maximum Gasteiger partial charge on any atom is 0.184 e. The maximum atomic E-state index is 13.5. The topological polar surface area (TPSA) is 24.8 Å². The zero-order valence-electron chi connectivity index (χ0n) is 8.70. The van der Waals surface area contributed by atoms with Gasteiger partial charge in [0.1, 0.15) is 20.3 Å². The minimum atomic E-state index is -1.07. The maximum absolute atomic E-state index is 13.5. The highest BCUT2D eigenvalue weighted by atomic mass is 19.2. The third kappa shape index (κ3) is 1.93. The molecule has 2 radical (unpaired) electrons. The Morgan fingerprint density at radius 3 is 2.94 bits per heavy atom. The predicted octanol–water partition coefficient (Wildman–Crippen LogP) is 0.838. The average molecular weight is 222 g/mol. The van der Waals surface area contributed by atoms with Gasteiger partial charge in [0.05, 0.1) is 12.9 Å². The monoisotopic (exact) mass is 222 g/mol. The third-order valence-corrected chi connectivity index (χ3v) is 2.22. The van der Waals surface area contributed by atoms with E-state index in [-0.39, 0.29) is 17.8 Å². The molecule has 0 bridgehead atoms. The number of benzene rings is 1. The summed E-state index contributed by atoms with van der Waals surface area (Å²) in [5.41, 5.74) is 0.156. The van der Waals surface area contributed by atoms with E-state index in [0.29, 0.717) is 12.3 Å². The van der Waals surface area contributed by atoms with Gasteiger partial charge in [-0.3, -0.25) is 0 Å². The second-order valence-electron chi connectivity index (χ2n) is 3.58. The Kier molecular flexibility index (Phi) is 2.91. The quantitative estimate of drug-likeness (QED) is 0.607. The van der Waals surface area contributed by atoms with Crippen LogP contribution in [-0.4, -0.2) is 32.9 Å². The van der Waals surface area contributed by atoms with Crippen molar-refractivity contribution in [2.24, 2.45) is 4.99 Å². The van der Waals surface area contributed by atoms with E-state index in [2.05, 4.69) is 4.99 Å². The summed E-state index contributed by atoms with van der Waals surface area (Å²) in [6, 6.07) is 1.34. The first-order valence-corrected chi connectivity index (χ1v) is 4.68. The first-order valence-electron chi connectivity index (χ1n) is 4.68. The lowest BCUT2D eigenvalue weighted by molar-refractivity contribution is 0.0647. The van der Waals surface area contributed by atoms with Crippen molar-refractivity contribution < 1.29 is 13.5 Å². The summed E-state index contributed by atoms with van der Waals surface area (Å²) in [5.74, 6) is -2.11. The molecule has 1 aromatic carbocycles. The number of hydrogen-bond acceptors (Lipinski definition) is 3. The summed E-state index contributed by atoms with van der Waals surface area (Å²) in [6.45, 7) is 0.486. The lowest BCUT2D eigenvalue weighted by Crippen LogP contribution is -2.22. The van der Waals surface area contributed by atoms with E-state index >= 15 is 0 Å². The van der Waals surface area contributed by atoms with Crippen molar-refractivity contribution in [2.45, 2.75) is 6.61 Å². The molecule has 82 valence electrons. The highest BCUT2D eigenvalue weighted by Gasteiger charge is 2.16. The SMILES string of the molecule is [B]c1cc2c(c(F)c1F)N=CN(C)COC2. The molecule has 0 saturated heterocycles. The van der Waals surface area contributed by atoms with Crippen LogP contribution in [-0.2, 0) is 11.3 Å². The first kappa shape index (κ1) is 11.1.